The summed E-state index contributed by atoms with van der Waals surface area (Å²) in [6.07, 6.45) is 1.16. The summed E-state index contributed by atoms with van der Waals surface area (Å²) >= 11 is 1.80. The second-order valence-electron chi connectivity index (χ2n) is 4.17. The lowest BCUT2D eigenvalue weighted by atomic mass is 10.1. The summed E-state index contributed by atoms with van der Waals surface area (Å²) in [5.41, 5.74) is 4.11. The first-order valence-electron chi connectivity index (χ1n) is 5.73. The van der Waals surface area contributed by atoms with E-state index in [1.54, 1.807) is 11.8 Å². The molecule has 4 heteroatoms. The van der Waals surface area contributed by atoms with Crippen molar-refractivity contribution in [2.24, 2.45) is 4.99 Å². The normalized spacial score (nSPS) is 14.6. The molecule has 0 radical (unpaired) electrons. The second-order valence-corrected chi connectivity index (χ2v) is 5.14. The van der Waals surface area contributed by atoms with Crippen LogP contribution in [0.1, 0.15) is 23.1 Å². The number of aryl methyl sites for hydroxylation is 2. The Balaban J connectivity index is 0.00000144. The highest BCUT2D eigenvalue weighted by atomic mass is 35.5. The fraction of sp³-hybridized carbons (Fsp3) is 0.462. The zero-order chi connectivity index (χ0) is 11.4. The van der Waals surface area contributed by atoms with Gasteiger partial charge in [0.1, 0.15) is 0 Å². The maximum absolute atomic E-state index is 4.45. The molecule has 0 aromatic heterocycles. The SMILES string of the molecule is Cc1ccc(CSC2=NCCCN2)cc1C.Cl. The van der Waals surface area contributed by atoms with Crippen molar-refractivity contribution >= 4 is 29.3 Å². The van der Waals surface area contributed by atoms with Crippen LogP contribution in [0.4, 0.5) is 0 Å². The van der Waals surface area contributed by atoms with Crippen LogP contribution in [0.2, 0.25) is 0 Å². The van der Waals surface area contributed by atoms with Crippen molar-refractivity contribution in [3.05, 3.63) is 34.9 Å². The van der Waals surface area contributed by atoms with Crippen molar-refractivity contribution in [1.29, 1.82) is 0 Å². The minimum absolute atomic E-state index is 0. The van der Waals surface area contributed by atoms with Gasteiger partial charge in [0, 0.05) is 18.8 Å². The Hall–Kier alpha value is -0.670. The van der Waals surface area contributed by atoms with Crippen LogP contribution >= 0.6 is 24.2 Å². The van der Waals surface area contributed by atoms with Gasteiger partial charge in [-0.3, -0.25) is 4.99 Å². The van der Waals surface area contributed by atoms with E-state index in [1.165, 1.54) is 16.7 Å². The molecule has 1 aromatic rings. The number of aliphatic imine (C=N–C) groups is 1. The highest BCUT2D eigenvalue weighted by molar-refractivity contribution is 8.13. The summed E-state index contributed by atoms with van der Waals surface area (Å²) in [6, 6.07) is 6.67. The highest BCUT2D eigenvalue weighted by Crippen LogP contribution is 2.17. The van der Waals surface area contributed by atoms with Crippen LogP contribution < -0.4 is 5.32 Å². The quantitative estimate of drug-likeness (QED) is 0.892. The van der Waals surface area contributed by atoms with Crippen LogP contribution in [-0.4, -0.2) is 18.3 Å². The number of hydrogen-bond donors (Lipinski definition) is 1. The molecule has 1 aromatic carbocycles. The smallest absolute Gasteiger partial charge is 0.156 e. The summed E-state index contributed by atoms with van der Waals surface area (Å²) in [6.45, 7) is 6.36. The van der Waals surface area contributed by atoms with Gasteiger partial charge in [0.2, 0.25) is 0 Å². The zero-order valence-electron chi connectivity index (χ0n) is 10.3. The van der Waals surface area contributed by atoms with Gasteiger partial charge in [-0.25, -0.2) is 0 Å². The molecule has 17 heavy (non-hydrogen) atoms. The molecule has 1 N–H and O–H groups in total. The van der Waals surface area contributed by atoms with Gasteiger partial charge in [-0.2, -0.15) is 0 Å². The summed E-state index contributed by atoms with van der Waals surface area (Å²) in [5, 5.41) is 4.43. The van der Waals surface area contributed by atoms with Gasteiger partial charge in [-0.15, -0.1) is 12.4 Å². The number of halogens is 1. The van der Waals surface area contributed by atoms with E-state index in [1.807, 2.05) is 0 Å². The van der Waals surface area contributed by atoms with Crippen LogP contribution in [-0.2, 0) is 5.75 Å². The molecule has 1 heterocycles. The molecule has 0 fully saturated rings. The maximum Gasteiger partial charge on any atom is 0.156 e. The first kappa shape index (κ1) is 14.4. The third-order valence-electron chi connectivity index (χ3n) is 2.81. The first-order valence-corrected chi connectivity index (χ1v) is 6.71. The zero-order valence-corrected chi connectivity index (χ0v) is 12.0. The van der Waals surface area contributed by atoms with Crippen LogP contribution in [0.3, 0.4) is 0 Å². The highest BCUT2D eigenvalue weighted by Gasteiger charge is 2.05. The second kappa shape index (κ2) is 6.92. The van der Waals surface area contributed by atoms with Crippen molar-refractivity contribution in [1.82, 2.24) is 5.32 Å². The molecule has 1 aliphatic heterocycles. The molecule has 1 aliphatic rings. The molecular weight excluding hydrogens is 252 g/mol. The standard InChI is InChI=1S/C13H18N2S.ClH/c1-10-4-5-12(8-11(10)2)9-16-13-14-6-3-7-15-13;/h4-5,8H,3,6-7,9H2,1-2H3,(H,14,15);1H. The van der Waals surface area contributed by atoms with E-state index in [4.69, 9.17) is 0 Å². The van der Waals surface area contributed by atoms with E-state index < -0.39 is 0 Å². The summed E-state index contributed by atoms with van der Waals surface area (Å²) in [5.74, 6) is 1.01. The van der Waals surface area contributed by atoms with E-state index in [0.29, 0.717) is 0 Å². The van der Waals surface area contributed by atoms with E-state index in [2.05, 4.69) is 42.4 Å². The Labute approximate surface area is 114 Å². The number of benzene rings is 1. The van der Waals surface area contributed by atoms with Gasteiger partial charge in [0.25, 0.3) is 0 Å². The average molecular weight is 271 g/mol. The number of amidine groups is 1. The van der Waals surface area contributed by atoms with E-state index in [-0.39, 0.29) is 12.4 Å². The van der Waals surface area contributed by atoms with Gasteiger partial charge in [-0.05, 0) is 37.0 Å². The van der Waals surface area contributed by atoms with Crippen molar-refractivity contribution in [3.63, 3.8) is 0 Å². The number of nitrogens with one attached hydrogen (secondary N) is 1. The van der Waals surface area contributed by atoms with Crippen LogP contribution in [0.5, 0.6) is 0 Å². The molecule has 2 nitrogen and oxygen atoms in total. The van der Waals surface area contributed by atoms with Crippen molar-refractivity contribution < 1.29 is 0 Å². The summed E-state index contributed by atoms with van der Waals surface area (Å²) in [4.78, 5) is 4.45. The first-order chi connectivity index (χ1) is 7.75. The van der Waals surface area contributed by atoms with Gasteiger partial charge in [0.15, 0.2) is 5.17 Å². The minimum atomic E-state index is 0. The van der Waals surface area contributed by atoms with E-state index in [9.17, 15) is 0 Å². The molecular formula is C13H19ClN2S. The lowest BCUT2D eigenvalue weighted by Gasteiger charge is -2.13. The monoisotopic (exact) mass is 270 g/mol. The van der Waals surface area contributed by atoms with Crippen molar-refractivity contribution in [3.8, 4) is 0 Å². The van der Waals surface area contributed by atoms with Gasteiger partial charge >= 0.3 is 0 Å². The van der Waals surface area contributed by atoms with Crippen LogP contribution in [0.25, 0.3) is 0 Å². The number of nitrogens with zero attached hydrogens (tertiary/aromatic N) is 1. The molecule has 0 saturated carbocycles. The molecule has 0 atom stereocenters. The fourth-order valence-electron chi connectivity index (χ4n) is 1.65. The summed E-state index contributed by atoms with van der Waals surface area (Å²) in [7, 11) is 0. The third kappa shape index (κ3) is 4.25. The topological polar surface area (TPSA) is 24.4 Å². The van der Waals surface area contributed by atoms with E-state index >= 15 is 0 Å². The van der Waals surface area contributed by atoms with Gasteiger partial charge in [-0.1, -0.05) is 30.0 Å². The van der Waals surface area contributed by atoms with Gasteiger partial charge < -0.3 is 5.32 Å². The Morgan fingerprint density at radius 3 is 2.76 bits per heavy atom. The van der Waals surface area contributed by atoms with Crippen LogP contribution in [0, 0.1) is 13.8 Å². The molecule has 0 aliphatic carbocycles. The lowest BCUT2D eigenvalue weighted by Crippen LogP contribution is -2.26. The Morgan fingerprint density at radius 1 is 1.29 bits per heavy atom. The molecule has 0 amide bonds. The maximum atomic E-state index is 4.45. The van der Waals surface area contributed by atoms with Crippen molar-refractivity contribution in [2.75, 3.05) is 13.1 Å². The van der Waals surface area contributed by atoms with Gasteiger partial charge in [0.05, 0.1) is 0 Å². The Morgan fingerprint density at radius 2 is 2.12 bits per heavy atom. The van der Waals surface area contributed by atoms with Crippen LogP contribution in [0.15, 0.2) is 23.2 Å². The van der Waals surface area contributed by atoms with E-state index in [0.717, 1.165) is 30.4 Å². The number of thioether (sulfide) groups is 1. The number of hydrogen-bond acceptors (Lipinski definition) is 3. The number of rotatable bonds is 2. The average Bonchev–Trinajstić information content (AvgIpc) is 2.32. The largest absolute Gasteiger partial charge is 0.365 e. The van der Waals surface area contributed by atoms with Crippen molar-refractivity contribution in [2.45, 2.75) is 26.0 Å². The molecule has 94 valence electrons. The fourth-order valence-corrected chi connectivity index (χ4v) is 2.52. The molecule has 0 unspecified atom stereocenters. The third-order valence-corrected chi connectivity index (χ3v) is 3.84. The molecule has 0 spiro atoms. The Bertz CT molecular complexity index is 404. The molecule has 0 bridgehead atoms. The molecule has 0 saturated heterocycles. The minimum Gasteiger partial charge on any atom is -0.365 e. The summed E-state index contributed by atoms with van der Waals surface area (Å²) < 4.78 is 0. The Kier molecular flexibility index (Phi) is 5.86. The predicted molar refractivity (Wildman–Crippen MR) is 79.4 cm³/mol. The lowest BCUT2D eigenvalue weighted by molar-refractivity contribution is 0.751. The molecule has 2 rings (SSSR count). The predicted octanol–water partition coefficient (Wildman–Crippen LogP) is 3.31.